The highest BCUT2D eigenvalue weighted by Gasteiger charge is 2.30. The minimum Gasteiger partial charge on any atom is -0.506 e. The second kappa shape index (κ2) is 8.41. The number of fused-ring (bicyclic) bond motifs is 2. The summed E-state index contributed by atoms with van der Waals surface area (Å²) in [5, 5.41) is 32.5. The van der Waals surface area contributed by atoms with Gasteiger partial charge in [0.15, 0.2) is 0 Å². The van der Waals surface area contributed by atoms with E-state index in [0.717, 1.165) is 33.3 Å². The summed E-state index contributed by atoms with van der Waals surface area (Å²) in [5.41, 5.74) is 2.74. The number of aryl methyl sites for hydroxylation is 1. The first kappa shape index (κ1) is 22.9. The van der Waals surface area contributed by atoms with Crippen LogP contribution in [0.25, 0.3) is 32.9 Å². The van der Waals surface area contributed by atoms with Gasteiger partial charge in [-0.2, -0.15) is 0 Å². The molecule has 3 heterocycles. The van der Waals surface area contributed by atoms with Crippen molar-refractivity contribution in [2.24, 2.45) is 0 Å². The zero-order valence-corrected chi connectivity index (χ0v) is 20.0. The summed E-state index contributed by atoms with van der Waals surface area (Å²) in [6.07, 6.45) is 4.41. The van der Waals surface area contributed by atoms with Gasteiger partial charge in [-0.3, -0.25) is 4.79 Å². The third kappa shape index (κ3) is 4.00. The van der Waals surface area contributed by atoms with Crippen molar-refractivity contribution in [3.63, 3.8) is 0 Å². The van der Waals surface area contributed by atoms with E-state index in [9.17, 15) is 24.9 Å². The maximum Gasteiger partial charge on any atom is 0.346 e. The molecular formula is C27H24N2O5S. The van der Waals surface area contributed by atoms with Crippen LogP contribution < -0.4 is 0 Å². The Morgan fingerprint density at radius 1 is 0.971 bits per heavy atom. The van der Waals surface area contributed by atoms with Crippen molar-refractivity contribution in [3.8, 4) is 16.9 Å². The molecule has 0 saturated carbocycles. The Kier molecular flexibility index (Phi) is 5.50. The van der Waals surface area contributed by atoms with Crippen LogP contribution in [0.15, 0.2) is 54.9 Å². The van der Waals surface area contributed by atoms with Crippen molar-refractivity contribution in [3.05, 3.63) is 75.7 Å². The van der Waals surface area contributed by atoms with Crippen LogP contribution in [0.2, 0.25) is 0 Å². The Bertz CT molecular complexity index is 1600. The molecule has 5 aromatic rings. The fraction of sp³-hybridized carbons (Fsp3) is 0.185. The van der Waals surface area contributed by atoms with E-state index < -0.39 is 17.4 Å². The van der Waals surface area contributed by atoms with Gasteiger partial charge in [-0.1, -0.05) is 36.4 Å². The molecule has 0 radical (unpaired) electrons. The SMILES string of the molecule is CC(C)(O)CCc1cccc2c(C(=O)c3sc(C(=O)O)c(-c4c[nH]c5ccccc45)c3O)c[nH]c12. The summed E-state index contributed by atoms with van der Waals surface area (Å²) in [4.78, 5) is 31.8. The number of hydrogen-bond acceptors (Lipinski definition) is 5. The molecule has 7 nitrogen and oxygen atoms in total. The van der Waals surface area contributed by atoms with E-state index >= 15 is 0 Å². The van der Waals surface area contributed by atoms with Crippen LogP contribution >= 0.6 is 11.3 Å². The second-order valence-corrected chi connectivity index (χ2v) is 10.2. The Labute approximate surface area is 204 Å². The largest absolute Gasteiger partial charge is 0.506 e. The highest BCUT2D eigenvalue weighted by Crippen LogP contribution is 2.45. The van der Waals surface area contributed by atoms with Crippen molar-refractivity contribution in [2.45, 2.75) is 32.3 Å². The summed E-state index contributed by atoms with van der Waals surface area (Å²) in [5.74, 6) is -2.00. The number of aromatic amines is 2. The molecule has 0 saturated heterocycles. The van der Waals surface area contributed by atoms with Crippen molar-refractivity contribution < 1.29 is 24.9 Å². The number of carboxylic acid groups (broad SMARTS) is 1. The normalized spacial score (nSPS) is 12.0. The molecule has 2 aromatic carbocycles. The minimum atomic E-state index is -1.21. The van der Waals surface area contributed by atoms with E-state index in [4.69, 9.17) is 0 Å². The summed E-state index contributed by atoms with van der Waals surface area (Å²) in [6.45, 7) is 3.50. The Balaban J connectivity index is 1.60. The molecule has 0 aliphatic rings. The molecular weight excluding hydrogens is 464 g/mol. The summed E-state index contributed by atoms with van der Waals surface area (Å²) in [7, 11) is 0. The Morgan fingerprint density at radius 2 is 1.71 bits per heavy atom. The Morgan fingerprint density at radius 3 is 2.46 bits per heavy atom. The average Bonchev–Trinajstić information content (AvgIpc) is 3.51. The predicted octanol–water partition coefficient (Wildman–Crippen LogP) is 5.72. The number of aliphatic hydroxyl groups is 1. The van der Waals surface area contributed by atoms with E-state index in [-0.39, 0.29) is 21.1 Å². The van der Waals surface area contributed by atoms with Gasteiger partial charge < -0.3 is 25.3 Å². The molecule has 5 N–H and O–H groups in total. The number of para-hydroxylation sites is 2. The first-order valence-corrected chi connectivity index (χ1v) is 12.0. The molecule has 0 fully saturated rings. The average molecular weight is 489 g/mol. The zero-order chi connectivity index (χ0) is 24.9. The number of ketones is 1. The molecule has 0 unspecified atom stereocenters. The van der Waals surface area contributed by atoms with Crippen LogP contribution in [0.1, 0.15) is 50.7 Å². The number of rotatable bonds is 7. The van der Waals surface area contributed by atoms with Crippen molar-refractivity contribution in [2.75, 3.05) is 0 Å². The minimum absolute atomic E-state index is 0.0227. The van der Waals surface area contributed by atoms with Gasteiger partial charge in [0.1, 0.15) is 15.5 Å². The summed E-state index contributed by atoms with van der Waals surface area (Å²) < 4.78 is 0. The quantitative estimate of drug-likeness (QED) is 0.187. The molecule has 0 amide bonds. The van der Waals surface area contributed by atoms with Crippen LogP contribution in [0.4, 0.5) is 0 Å². The molecule has 8 heteroatoms. The number of carbonyl (C=O) groups excluding carboxylic acids is 1. The number of carbonyl (C=O) groups is 2. The van der Waals surface area contributed by atoms with Crippen molar-refractivity contribution in [1.29, 1.82) is 0 Å². The number of aromatic hydroxyl groups is 1. The number of aromatic carboxylic acids is 1. The lowest BCUT2D eigenvalue weighted by atomic mass is 9.96. The van der Waals surface area contributed by atoms with Gasteiger partial charge >= 0.3 is 5.97 Å². The van der Waals surface area contributed by atoms with Crippen molar-refractivity contribution >= 4 is 44.9 Å². The van der Waals surface area contributed by atoms with Gasteiger partial charge in [0.25, 0.3) is 0 Å². The first-order valence-electron chi connectivity index (χ1n) is 11.2. The highest BCUT2D eigenvalue weighted by atomic mass is 32.1. The number of thiophene rings is 1. The molecule has 0 atom stereocenters. The topological polar surface area (TPSA) is 126 Å². The standard InChI is InChI=1S/C27H24N2O5S/c1-27(2,34)11-10-14-6-5-8-16-18(13-29-21(14)16)22(30)25-23(31)20(24(35-25)26(32)33)17-12-28-19-9-4-3-7-15(17)19/h3-9,12-13,28-29,31,34H,10-11H2,1-2H3,(H,32,33). The molecule has 0 aliphatic heterocycles. The lowest BCUT2D eigenvalue weighted by Crippen LogP contribution is -2.19. The van der Waals surface area contributed by atoms with Gasteiger partial charge in [0, 0.05) is 45.3 Å². The van der Waals surface area contributed by atoms with Crippen LogP contribution in [0.5, 0.6) is 5.75 Å². The summed E-state index contributed by atoms with van der Waals surface area (Å²) in [6, 6.07) is 13.0. The second-order valence-electron chi connectivity index (χ2n) is 9.22. The lowest BCUT2D eigenvalue weighted by molar-refractivity contribution is 0.0698. The lowest BCUT2D eigenvalue weighted by Gasteiger charge is -2.16. The maximum atomic E-state index is 13.6. The number of hydrogen-bond donors (Lipinski definition) is 5. The third-order valence-electron chi connectivity index (χ3n) is 6.19. The molecule has 5 rings (SSSR count). The van der Waals surface area contributed by atoms with E-state index in [1.165, 1.54) is 0 Å². The van der Waals surface area contributed by atoms with Gasteiger partial charge in [0.05, 0.1) is 11.2 Å². The monoisotopic (exact) mass is 488 g/mol. The highest BCUT2D eigenvalue weighted by molar-refractivity contribution is 7.17. The van der Waals surface area contributed by atoms with E-state index in [2.05, 4.69) is 9.97 Å². The Hall–Kier alpha value is -3.88. The molecule has 178 valence electrons. The number of aromatic nitrogens is 2. The maximum absolute atomic E-state index is 13.6. The number of H-pyrrole nitrogens is 2. The molecule has 0 aliphatic carbocycles. The van der Waals surface area contributed by atoms with Gasteiger partial charge in [-0.25, -0.2) is 4.79 Å². The zero-order valence-electron chi connectivity index (χ0n) is 19.2. The van der Waals surface area contributed by atoms with E-state index in [0.29, 0.717) is 29.4 Å². The van der Waals surface area contributed by atoms with Crippen LogP contribution in [-0.4, -0.2) is 42.6 Å². The summed E-state index contributed by atoms with van der Waals surface area (Å²) >= 11 is 0.774. The fourth-order valence-corrected chi connectivity index (χ4v) is 5.43. The predicted molar refractivity (Wildman–Crippen MR) is 137 cm³/mol. The van der Waals surface area contributed by atoms with Crippen LogP contribution in [0, 0.1) is 0 Å². The van der Waals surface area contributed by atoms with Crippen molar-refractivity contribution in [1.82, 2.24) is 9.97 Å². The van der Waals surface area contributed by atoms with Crippen LogP contribution in [-0.2, 0) is 6.42 Å². The van der Waals surface area contributed by atoms with E-state index in [1.807, 2.05) is 42.5 Å². The van der Waals surface area contributed by atoms with Gasteiger partial charge in [-0.05, 0) is 38.3 Å². The molecule has 0 spiro atoms. The molecule has 35 heavy (non-hydrogen) atoms. The number of benzene rings is 2. The number of nitrogens with one attached hydrogen (secondary N) is 2. The molecule has 3 aromatic heterocycles. The molecule has 0 bridgehead atoms. The first-order chi connectivity index (χ1) is 16.7. The van der Waals surface area contributed by atoms with Crippen LogP contribution in [0.3, 0.4) is 0 Å². The fourth-order valence-electron chi connectivity index (χ4n) is 4.43. The van der Waals surface area contributed by atoms with Gasteiger partial charge in [-0.15, -0.1) is 11.3 Å². The van der Waals surface area contributed by atoms with Gasteiger partial charge in [0.2, 0.25) is 5.78 Å². The third-order valence-corrected chi connectivity index (χ3v) is 7.36. The van der Waals surface area contributed by atoms with E-state index in [1.54, 1.807) is 26.2 Å². The smallest absolute Gasteiger partial charge is 0.346 e. The number of carboxylic acids is 1.